The number of benzene rings is 1. The monoisotopic (exact) mass is 266 g/mol. The van der Waals surface area contributed by atoms with E-state index >= 15 is 0 Å². The first-order chi connectivity index (χ1) is 7.41. The molecule has 0 saturated carbocycles. The van der Waals surface area contributed by atoms with E-state index in [0.29, 0.717) is 0 Å². The molecule has 0 amide bonds. The quantitative estimate of drug-likeness (QED) is 0.373. The Morgan fingerprint density at radius 3 is 2.69 bits per heavy atom. The number of nitro groups is 1. The Bertz CT molecular complexity index is 439. The molecule has 1 rings (SSSR count). The molecule has 86 valence electrons. The zero-order valence-electron chi connectivity index (χ0n) is 7.61. The molecule has 1 aromatic rings. The van der Waals surface area contributed by atoms with Crippen LogP contribution in [0.2, 0.25) is 5.02 Å². The molecule has 0 bridgehead atoms. The minimum atomic E-state index is -3.00. The van der Waals surface area contributed by atoms with Crippen LogP contribution >= 0.6 is 19.9 Å². The maximum Gasteiger partial charge on any atom is 0.697 e. The fourth-order valence-electron chi connectivity index (χ4n) is 0.969. The molecule has 0 aromatic heterocycles. The van der Waals surface area contributed by atoms with Crippen LogP contribution in [0.3, 0.4) is 0 Å². The van der Waals surface area contributed by atoms with Crippen molar-refractivity contribution in [2.24, 2.45) is 0 Å². The molecule has 16 heavy (non-hydrogen) atoms. The fourth-order valence-corrected chi connectivity index (χ4v) is 1.45. The van der Waals surface area contributed by atoms with Crippen LogP contribution in [0.15, 0.2) is 18.2 Å². The van der Waals surface area contributed by atoms with Crippen molar-refractivity contribution in [3.8, 4) is 0 Å². The summed E-state index contributed by atoms with van der Waals surface area (Å²) in [4.78, 5) is 18.2. The Hall–Kier alpha value is -1.11. The summed E-state index contributed by atoms with van der Waals surface area (Å²) in [6, 6.07) is 3.40. The van der Waals surface area contributed by atoms with Crippen LogP contribution in [0.1, 0.15) is 11.9 Å². The molecule has 2 N–H and O–H groups in total. The SMILES string of the molecule is O=[N+]([O-])c1cc(C(O)O[P+](=O)O)ccc1Cl. The number of aliphatic hydroxyl groups is 1. The van der Waals surface area contributed by atoms with Gasteiger partial charge in [0.15, 0.2) is 0 Å². The Morgan fingerprint density at radius 2 is 2.19 bits per heavy atom. The van der Waals surface area contributed by atoms with Crippen LogP contribution in [0, 0.1) is 10.1 Å². The third-order valence-electron chi connectivity index (χ3n) is 1.64. The number of hydrogen-bond donors (Lipinski definition) is 2. The number of hydrogen-bond acceptors (Lipinski definition) is 5. The summed E-state index contributed by atoms with van der Waals surface area (Å²) in [6.45, 7) is 0. The van der Waals surface area contributed by atoms with Gasteiger partial charge in [-0.05, 0) is 6.07 Å². The highest BCUT2D eigenvalue weighted by Crippen LogP contribution is 2.31. The van der Waals surface area contributed by atoms with Crippen LogP contribution in [-0.2, 0) is 9.09 Å². The predicted octanol–water partition coefficient (Wildman–Crippen LogP) is 1.91. The molecule has 0 radical (unpaired) electrons. The largest absolute Gasteiger partial charge is 0.697 e. The lowest BCUT2D eigenvalue weighted by molar-refractivity contribution is -0.384. The first-order valence-corrected chi connectivity index (χ1v) is 5.37. The topological polar surface area (TPSA) is 110 Å². The maximum absolute atomic E-state index is 10.5. The van der Waals surface area contributed by atoms with E-state index in [0.717, 1.165) is 6.07 Å². The lowest BCUT2D eigenvalue weighted by atomic mass is 10.2. The summed E-state index contributed by atoms with van der Waals surface area (Å²) in [5, 5.41) is 19.7. The van der Waals surface area contributed by atoms with Crippen LogP contribution in [0.4, 0.5) is 5.69 Å². The van der Waals surface area contributed by atoms with Gasteiger partial charge in [0, 0.05) is 16.2 Å². The van der Waals surface area contributed by atoms with Crippen LogP contribution < -0.4 is 0 Å². The van der Waals surface area contributed by atoms with Crippen LogP contribution in [0.25, 0.3) is 0 Å². The van der Waals surface area contributed by atoms with Crippen molar-refractivity contribution in [2.75, 3.05) is 0 Å². The third-order valence-corrected chi connectivity index (χ3v) is 2.34. The molecule has 2 atom stereocenters. The highest BCUT2D eigenvalue weighted by molar-refractivity contribution is 7.32. The highest BCUT2D eigenvalue weighted by atomic mass is 35.5. The van der Waals surface area contributed by atoms with Crippen molar-refractivity contribution in [2.45, 2.75) is 6.29 Å². The summed E-state index contributed by atoms with van der Waals surface area (Å²) in [5.41, 5.74) is -0.455. The average Bonchev–Trinajstić information content (AvgIpc) is 2.16. The zero-order chi connectivity index (χ0) is 12.3. The molecule has 0 aliphatic heterocycles. The van der Waals surface area contributed by atoms with Crippen molar-refractivity contribution < 1.29 is 24.0 Å². The van der Waals surface area contributed by atoms with Crippen molar-refractivity contribution in [3.05, 3.63) is 38.9 Å². The molecule has 0 saturated heterocycles. The third kappa shape index (κ3) is 3.19. The van der Waals surface area contributed by atoms with Gasteiger partial charge in [-0.25, -0.2) is 0 Å². The van der Waals surface area contributed by atoms with Gasteiger partial charge in [-0.3, -0.25) is 10.1 Å². The summed E-state index contributed by atoms with van der Waals surface area (Å²) in [6.07, 6.45) is -1.72. The smallest absolute Gasteiger partial charge is 0.361 e. The van der Waals surface area contributed by atoms with Gasteiger partial charge in [0.25, 0.3) is 5.69 Å². The van der Waals surface area contributed by atoms with E-state index in [9.17, 15) is 19.8 Å². The number of rotatable bonds is 4. The summed E-state index contributed by atoms with van der Waals surface area (Å²) in [5.74, 6) is 0. The minimum absolute atomic E-state index is 0.0338. The first-order valence-electron chi connectivity index (χ1n) is 3.86. The number of halogens is 1. The van der Waals surface area contributed by atoms with Gasteiger partial charge in [-0.1, -0.05) is 22.2 Å². The lowest BCUT2D eigenvalue weighted by Crippen LogP contribution is -1.99. The summed E-state index contributed by atoms with van der Waals surface area (Å²) >= 11 is 5.53. The maximum atomic E-state index is 10.5. The molecule has 1 aromatic carbocycles. The van der Waals surface area contributed by atoms with Crippen LogP contribution in [0.5, 0.6) is 0 Å². The Balaban J connectivity index is 3.02. The molecule has 0 aliphatic rings. The first kappa shape index (κ1) is 13.0. The molecular weight excluding hydrogens is 261 g/mol. The van der Waals surface area contributed by atoms with E-state index in [2.05, 4.69) is 4.52 Å². The van der Waals surface area contributed by atoms with E-state index in [-0.39, 0.29) is 10.6 Å². The standard InChI is InChI=1S/C7H5ClNO6P/c8-5-2-1-4(3-6(5)9(11)12)7(10)15-16(13)14/h1-3,7,10H/p+1. The average molecular weight is 267 g/mol. The summed E-state index contributed by atoms with van der Waals surface area (Å²) in [7, 11) is -3.00. The number of aliphatic hydroxyl groups excluding tert-OH is 1. The molecule has 2 unspecified atom stereocenters. The zero-order valence-corrected chi connectivity index (χ0v) is 9.26. The molecule has 7 nitrogen and oxygen atoms in total. The van der Waals surface area contributed by atoms with E-state index in [1.54, 1.807) is 0 Å². The van der Waals surface area contributed by atoms with Gasteiger partial charge in [-0.15, -0.1) is 4.89 Å². The van der Waals surface area contributed by atoms with Gasteiger partial charge in [0.1, 0.15) is 5.02 Å². The van der Waals surface area contributed by atoms with Gasteiger partial charge in [-0.2, -0.15) is 0 Å². The second-order valence-corrected chi connectivity index (χ2v) is 3.76. The Kier molecular flexibility index (Phi) is 4.28. The molecule has 0 spiro atoms. The number of nitro benzene ring substituents is 1. The molecular formula is C7H6ClNO6P+. The fraction of sp³-hybridized carbons (Fsp3) is 0.143. The van der Waals surface area contributed by atoms with Gasteiger partial charge in [0.05, 0.1) is 4.92 Å². The predicted molar refractivity (Wildman–Crippen MR) is 54.0 cm³/mol. The number of nitrogens with zero attached hydrogens (tertiary/aromatic N) is 1. The molecule has 0 heterocycles. The van der Waals surface area contributed by atoms with E-state index in [1.165, 1.54) is 12.1 Å². The highest BCUT2D eigenvalue weighted by Gasteiger charge is 2.24. The lowest BCUT2D eigenvalue weighted by Gasteiger charge is -2.03. The summed E-state index contributed by atoms with van der Waals surface area (Å²) < 4.78 is 14.4. The second-order valence-electron chi connectivity index (χ2n) is 2.66. The van der Waals surface area contributed by atoms with E-state index in [1.807, 2.05) is 0 Å². The molecule has 9 heteroatoms. The van der Waals surface area contributed by atoms with Crippen LogP contribution in [-0.4, -0.2) is 14.9 Å². The van der Waals surface area contributed by atoms with Crippen molar-refractivity contribution in [1.29, 1.82) is 0 Å². The van der Waals surface area contributed by atoms with Gasteiger partial charge < -0.3 is 5.11 Å². The van der Waals surface area contributed by atoms with Crippen molar-refractivity contribution >= 4 is 25.5 Å². The molecule has 0 aliphatic carbocycles. The second kappa shape index (κ2) is 5.29. The Labute approximate surface area is 95.3 Å². The van der Waals surface area contributed by atoms with Crippen molar-refractivity contribution in [1.82, 2.24) is 0 Å². The van der Waals surface area contributed by atoms with E-state index in [4.69, 9.17) is 16.5 Å². The molecule has 0 fully saturated rings. The van der Waals surface area contributed by atoms with Crippen molar-refractivity contribution in [3.63, 3.8) is 0 Å². The van der Waals surface area contributed by atoms with E-state index < -0.39 is 25.2 Å². The normalized spacial score (nSPS) is 13.3. The van der Waals surface area contributed by atoms with Gasteiger partial charge in [0.2, 0.25) is 6.29 Å². The minimum Gasteiger partial charge on any atom is -0.361 e. The Morgan fingerprint density at radius 1 is 1.56 bits per heavy atom. The van der Waals surface area contributed by atoms with Gasteiger partial charge >= 0.3 is 8.25 Å².